The minimum absolute atomic E-state index is 0.201. The molecule has 6 nitrogen and oxygen atoms in total. The van der Waals surface area contributed by atoms with Gasteiger partial charge in [-0.25, -0.2) is 4.98 Å². The van der Waals surface area contributed by atoms with Crippen LogP contribution in [0.1, 0.15) is 22.5 Å². The van der Waals surface area contributed by atoms with Crippen LogP contribution >= 0.6 is 11.6 Å². The van der Waals surface area contributed by atoms with Crippen LogP contribution in [0.25, 0.3) is 5.65 Å². The summed E-state index contributed by atoms with van der Waals surface area (Å²) in [6.07, 6.45) is 3.59. The van der Waals surface area contributed by atoms with E-state index in [1.165, 1.54) is 0 Å². The number of hydrogen-bond donors (Lipinski definition) is 2. The van der Waals surface area contributed by atoms with Crippen LogP contribution in [0.5, 0.6) is 0 Å². The lowest BCUT2D eigenvalue weighted by Gasteiger charge is -2.45. The fraction of sp³-hybridized carbons (Fsp3) is 0.333. The quantitative estimate of drug-likeness (QED) is 0.706. The number of amides is 1. The summed E-state index contributed by atoms with van der Waals surface area (Å²) in [4.78, 5) is 19.1. The Morgan fingerprint density at radius 3 is 2.75 bits per heavy atom. The number of carbonyl (C=O) groups is 1. The van der Waals surface area contributed by atoms with Gasteiger partial charge in [-0.1, -0.05) is 41.9 Å². The smallest absolute Gasteiger partial charge is 0.274 e. The summed E-state index contributed by atoms with van der Waals surface area (Å²) in [5.41, 5.74) is 1.19. The molecule has 7 heteroatoms. The number of aromatic nitrogens is 2. The molecule has 1 amide bonds. The number of piperidine rings is 1. The molecule has 2 atom stereocenters. The molecule has 4 rings (SSSR count). The Kier molecular flexibility index (Phi) is 5.10. The molecule has 2 aromatic heterocycles. The average molecular weight is 400 g/mol. The molecule has 0 bridgehead atoms. The predicted molar refractivity (Wildman–Crippen MR) is 106 cm³/mol. The zero-order valence-electron chi connectivity index (χ0n) is 15.3. The van der Waals surface area contributed by atoms with Crippen LogP contribution < -0.4 is 0 Å². The van der Waals surface area contributed by atoms with Crippen molar-refractivity contribution in [3.63, 3.8) is 0 Å². The van der Waals surface area contributed by atoms with E-state index in [0.29, 0.717) is 35.8 Å². The van der Waals surface area contributed by atoms with Crippen LogP contribution in [-0.2, 0) is 6.42 Å². The van der Waals surface area contributed by atoms with E-state index in [2.05, 4.69) is 4.98 Å². The van der Waals surface area contributed by atoms with Gasteiger partial charge in [0.05, 0.1) is 17.7 Å². The monoisotopic (exact) mass is 399 g/mol. The summed E-state index contributed by atoms with van der Waals surface area (Å²) in [6.45, 7) is 0.492. The van der Waals surface area contributed by atoms with Crippen LogP contribution in [0, 0.1) is 5.41 Å². The lowest BCUT2D eigenvalue weighted by atomic mass is 9.73. The molecule has 3 heterocycles. The van der Waals surface area contributed by atoms with Gasteiger partial charge in [0.15, 0.2) is 0 Å². The highest BCUT2D eigenvalue weighted by atomic mass is 35.5. The van der Waals surface area contributed by atoms with Gasteiger partial charge < -0.3 is 19.5 Å². The number of aliphatic hydroxyl groups excluding tert-OH is 2. The second kappa shape index (κ2) is 7.54. The summed E-state index contributed by atoms with van der Waals surface area (Å²) in [6, 6.07) is 13.2. The molecule has 2 N–H and O–H groups in total. The van der Waals surface area contributed by atoms with Crippen molar-refractivity contribution in [1.82, 2.24) is 14.3 Å². The van der Waals surface area contributed by atoms with Gasteiger partial charge in [0.25, 0.3) is 5.91 Å². The highest BCUT2D eigenvalue weighted by Gasteiger charge is 2.44. The number of likely N-dealkylation sites (tertiary alicyclic amines) is 1. The maximum Gasteiger partial charge on any atom is 0.274 e. The molecule has 1 aliphatic heterocycles. The Morgan fingerprint density at radius 1 is 1.21 bits per heavy atom. The van der Waals surface area contributed by atoms with Gasteiger partial charge in [-0.3, -0.25) is 4.79 Å². The Labute approximate surface area is 168 Å². The van der Waals surface area contributed by atoms with Crippen molar-refractivity contribution < 1.29 is 15.0 Å². The fourth-order valence-electron chi connectivity index (χ4n) is 3.94. The summed E-state index contributed by atoms with van der Waals surface area (Å²) in [5.74, 6) is -0.211. The van der Waals surface area contributed by atoms with E-state index in [9.17, 15) is 15.0 Å². The highest BCUT2D eigenvalue weighted by molar-refractivity contribution is 6.30. The minimum Gasteiger partial charge on any atom is -0.396 e. The molecule has 1 aliphatic rings. The van der Waals surface area contributed by atoms with Crippen molar-refractivity contribution in [3.05, 3.63) is 71.1 Å². The van der Waals surface area contributed by atoms with Gasteiger partial charge in [0.2, 0.25) is 0 Å². The first-order valence-electron chi connectivity index (χ1n) is 9.27. The number of halogens is 1. The van der Waals surface area contributed by atoms with Crippen molar-refractivity contribution in [3.8, 4) is 0 Å². The Hall–Kier alpha value is -2.41. The van der Waals surface area contributed by atoms with Gasteiger partial charge >= 0.3 is 0 Å². The number of pyridine rings is 1. The molecule has 0 spiro atoms. The molecule has 1 saturated heterocycles. The first kappa shape index (κ1) is 18.9. The lowest BCUT2D eigenvalue weighted by Crippen LogP contribution is -2.56. The summed E-state index contributed by atoms with van der Waals surface area (Å²) >= 11 is 6.01. The SMILES string of the molecule is O=C(c1cn2cc(Cl)ccc2n1)N1CC[C@@H](O)[C@@](CO)(Cc2ccccc2)C1. The van der Waals surface area contributed by atoms with E-state index >= 15 is 0 Å². The Bertz CT molecular complexity index is 991. The van der Waals surface area contributed by atoms with Gasteiger partial charge in [-0.05, 0) is 30.5 Å². The van der Waals surface area contributed by atoms with Crippen molar-refractivity contribution >= 4 is 23.2 Å². The van der Waals surface area contributed by atoms with Crippen molar-refractivity contribution in [2.75, 3.05) is 19.7 Å². The molecule has 0 radical (unpaired) electrons. The molecule has 28 heavy (non-hydrogen) atoms. The van der Waals surface area contributed by atoms with Crippen molar-refractivity contribution in [1.29, 1.82) is 0 Å². The third-order valence-electron chi connectivity index (χ3n) is 5.52. The topological polar surface area (TPSA) is 78.1 Å². The standard InChI is InChI=1S/C21H22ClN3O3/c22-16-6-7-19-23-17(12-25(19)11-16)20(28)24-9-8-18(27)21(13-24,14-26)10-15-4-2-1-3-5-15/h1-7,11-12,18,26-27H,8-10,13-14H2/t18-,21+/m1/s1. The number of imidazole rings is 1. The molecule has 1 fully saturated rings. The third-order valence-corrected chi connectivity index (χ3v) is 5.74. The van der Waals surface area contributed by atoms with Gasteiger partial charge in [-0.15, -0.1) is 0 Å². The van der Waals surface area contributed by atoms with Crippen LogP contribution in [-0.4, -0.2) is 56.2 Å². The number of carbonyl (C=O) groups excluding carboxylic acids is 1. The van der Waals surface area contributed by atoms with E-state index < -0.39 is 11.5 Å². The number of benzene rings is 1. The van der Waals surface area contributed by atoms with Crippen molar-refractivity contribution in [2.24, 2.45) is 5.41 Å². The maximum atomic E-state index is 13.1. The van der Waals surface area contributed by atoms with E-state index in [4.69, 9.17) is 11.6 Å². The zero-order chi connectivity index (χ0) is 19.7. The highest BCUT2D eigenvalue weighted by Crippen LogP contribution is 2.34. The number of aliphatic hydroxyl groups is 2. The number of hydrogen-bond acceptors (Lipinski definition) is 4. The summed E-state index contributed by atoms with van der Waals surface area (Å²) in [7, 11) is 0. The first-order valence-corrected chi connectivity index (χ1v) is 9.65. The molecule has 0 saturated carbocycles. The largest absolute Gasteiger partial charge is 0.396 e. The molecular weight excluding hydrogens is 378 g/mol. The van der Waals surface area contributed by atoms with Gasteiger partial charge in [0, 0.05) is 30.9 Å². The van der Waals surface area contributed by atoms with E-state index in [-0.39, 0.29) is 19.1 Å². The fourth-order valence-corrected chi connectivity index (χ4v) is 4.11. The lowest BCUT2D eigenvalue weighted by molar-refractivity contribution is -0.0669. The number of rotatable bonds is 4. The van der Waals surface area contributed by atoms with E-state index in [1.54, 1.807) is 33.8 Å². The third kappa shape index (κ3) is 3.51. The zero-order valence-corrected chi connectivity index (χ0v) is 16.1. The summed E-state index contributed by atoms with van der Waals surface area (Å²) in [5, 5.41) is 21.4. The normalized spacial score (nSPS) is 22.5. The van der Waals surface area contributed by atoms with Crippen molar-refractivity contribution in [2.45, 2.75) is 18.9 Å². The predicted octanol–water partition coefficient (Wildman–Crippen LogP) is 2.42. The maximum absolute atomic E-state index is 13.1. The van der Waals surface area contributed by atoms with Gasteiger partial charge in [0.1, 0.15) is 11.3 Å². The minimum atomic E-state index is -0.794. The first-order chi connectivity index (χ1) is 13.5. The van der Waals surface area contributed by atoms with E-state index in [0.717, 1.165) is 5.56 Å². The summed E-state index contributed by atoms with van der Waals surface area (Å²) < 4.78 is 1.72. The molecule has 0 aliphatic carbocycles. The molecule has 1 aromatic carbocycles. The molecule has 0 unspecified atom stereocenters. The van der Waals surface area contributed by atoms with Crippen LogP contribution in [0.4, 0.5) is 0 Å². The molecule has 146 valence electrons. The average Bonchev–Trinajstić information content (AvgIpc) is 3.13. The van der Waals surface area contributed by atoms with E-state index in [1.807, 2.05) is 30.3 Å². The molecule has 3 aromatic rings. The van der Waals surface area contributed by atoms with Crippen LogP contribution in [0.3, 0.4) is 0 Å². The Balaban J connectivity index is 1.59. The van der Waals surface area contributed by atoms with Crippen LogP contribution in [0.15, 0.2) is 54.9 Å². The molecular formula is C21H22ClN3O3. The second-order valence-electron chi connectivity index (χ2n) is 7.45. The second-order valence-corrected chi connectivity index (χ2v) is 7.89. The number of nitrogens with zero attached hydrogens (tertiary/aromatic N) is 3. The number of fused-ring (bicyclic) bond motifs is 1. The van der Waals surface area contributed by atoms with Crippen LogP contribution in [0.2, 0.25) is 5.02 Å². The Morgan fingerprint density at radius 2 is 2.00 bits per heavy atom. The van der Waals surface area contributed by atoms with Gasteiger partial charge in [-0.2, -0.15) is 0 Å².